The number of phenolic OH excluding ortho intramolecular Hbond substituents is 1. The Hall–Kier alpha value is -10.3. The van der Waals surface area contributed by atoms with Gasteiger partial charge in [-0.15, -0.1) is 0 Å². The summed E-state index contributed by atoms with van der Waals surface area (Å²) in [5.74, 6) is -10.4. The third-order valence-electron chi connectivity index (χ3n) is 23.3. The van der Waals surface area contributed by atoms with E-state index in [0.717, 1.165) is 79.3 Å². The molecule has 5 aromatic rings. The van der Waals surface area contributed by atoms with Crippen LogP contribution in [0.25, 0.3) is 10.9 Å². The monoisotopic (exact) mass is 1930 g/mol. The number of carbonyl (C=O) groups is 13. The number of para-hydroxylation sites is 1. The Morgan fingerprint density at radius 2 is 1.44 bits per heavy atom. The number of primary amides is 1. The fourth-order valence-corrected chi connectivity index (χ4v) is 20.5. The number of aromatic amines is 1. The predicted molar refractivity (Wildman–Crippen MR) is 505 cm³/mol. The first-order valence-electron chi connectivity index (χ1n) is 43.7. The Morgan fingerprint density at radius 1 is 0.788 bits per heavy atom. The van der Waals surface area contributed by atoms with Crippen molar-refractivity contribution in [2.75, 3.05) is 75.9 Å². The Labute approximate surface area is 787 Å². The fraction of sp³-hybridized carbons (Fsp3) is 0.522. The van der Waals surface area contributed by atoms with Crippen molar-refractivity contribution < 1.29 is 101 Å². The van der Waals surface area contributed by atoms with Gasteiger partial charge in [-0.1, -0.05) is 152 Å². The van der Waals surface area contributed by atoms with E-state index in [-0.39, 0.29) is 104 Å². The SMILES string of the molecule is COc1cc2cc(c1Cl)N(C)C(=O)C[C@H](OC(=O)[C@H](C)N(C)C(=O)CCSSC[C@H](NC(=O)[C@@H]1CSSC[C@H](NC(=O)[C@H](N)Cc3ccccc3)C(=O)N[C@@H](Cc3ccc(O)cc3)C(=O)N[C@H](Cc3c[nH]c4ccccc34)C(=O)N[C@@H](CCCCNC(=O)NCCCCCCN)C(=O)N[C@@H]([C@@H](C)O)C(=O)N1)C(N)=O)[C@@]1(C)CC(C)(O1)[C@@H]1C[C@@](O)(NC(=O)O1)[C@H](OC)/C=C/C=C(\C)C2. The summed E-state index contributed by atoms with van der Waals surface area (Å²) < 4.78 is 30.0. The number of unbranched alkanes of at least 4 members (excludes halogenated alkanes) is 4. The summed E-state index contributed by atoms with van der Waals surface area (Å²) in [5.41, 5.74) is 17.5. The number of benzene rings is 4. The summed E-state index contributed by atoms with van der Waals surface area (Å²) in [6.07, 6.45) is 3.19. The molecular weight excluding hydrogens is 1800 g/mol. The zero-order valence-corrected chi connectivity index (χ0v) is 79.4. The zero-order valence-electron chi connectivity index (χ0n) is 75.4. The molecule has 3 saturated heterocycles. The molecule has 13 amide bonds. The van der Waals surface area contributed by atoms with E-state index >= 15 is 14.4 Å². The number of rotatable bonds is 34. The number of methoxy groups -OCH3 is 2. The second-order valence-electron chi connectivity index (χ2n) is 33.7. The summed E-state index contributed by atoms with van der Waals surface area (Å²) in [6.45, 7) is 8.86. The lowest BCUT2D eigenvalue weighted by Gasteiger charge is -2.59. The molecule has 720 valence electrons. The third-order valence-corrected chi connectivity index (χ3v) is 28.5. The van der Waals surface area contributed by atoms with Crippen molar-refractivity contribution in [2.24, 2.45) is 17.2 Å². The topological polar surface area (TPSA) is 549 Å². The summed E-state index contributed by atoms with van der Waals surface area (Å²) in [6, 6.07) is 11.2. The van der Waals surface area contributed by atoms with Gasteiger partial charge in [0.1, 0.15) is 94.4 Å². The van der Waals surface area contributed by atoms with Crippen molar-refractivity contribution in [2.45, 2.75) is 227 Å². The number of H-pyrrole nitrogens is 1. The number of nitrogens with one attached hydrogen (secondary N) is 11. The van der Waals surface area contributed by atoms with Gasteiger partial charge in [-0.2, -0.15) is 0 Å². The Kier molecular flexibility index (Phi) is 40.0. The maximum absolute atomic E-state index is 15.3. The second-order valence-corrected chi connectivity index (χ2v) is 39.3. The van der Waals surface area contributed by atoms with Crippen LogP contribution in [-0.2, 0) is 97.4 Å². The maximum Gasteiger partial charge on any atom is 0.409 e. The third kappa shape index (κ3) is 30.1. The van der Waals surface area contributed by atoms with Gasteiger partial charge >= 0.3 is 18.1 Å². The van der Waals surface area contributed by atoms with E-state index in [9.17, 15) is 63.3 Å². The number of carbonyl (C=O) groups excluding carboxylic acids is 13. The first kappa shape index (κ1) is 105. The van der Waals surface area contributed by atoms with Gasteiger partial charge in [0.05, 0.1) is 31.4 Å². The van der Waals surface area contributed by atoms with Gasteiger partial charge in [0.25, 0.3) is 0 Å². The first-order valence-corrected chi connectivity index (χ1v) is 49.0. The molecule has 132 heavy (non-hydrogen) atoms. The number of likely N-dealkylation sites (N-methyl/N-ethyl adjacent to an activating group) is 1. The minimum atomic E-state index is -1.99. The lowest BCUT2D eigenvalue weighted by Crippen LogP contribution is -2.72. The van der Waals surface area contributed by atoms with Gasteiger partial charge in [0.15, 0.2) is 5.72 Å². The number of nitrogens with two attached hydrogens (primary N) is 3. The largest absolute Gasteiger partial charge is 0.508 e. The summed E-state index contributed by atoms with van der Waals surface area (Å²) >= 11 is 6.90. The van der Waals surface area contributed by atoms with E-state index in [2.05, 4.69) is 58.2 Å². The van der Waals surface area contributed by atoms with E-state index in [1.165, 1.54) is 71.3 Å². The fourth-order valence-electron chi connectivity index (χ4n) is 15.7. The normalized spacial score (nSPS) is 25.3. The lowest BCUT2D eigenvalue weighted by atomic mass is 9.72. The van der Waals surface area contributed by atoms with Crippen LogP contribution in [0.1, 0.15) is 128 Å². The van der Waals surface area contributed by atoms with Crippen LogP contribution >= 0.6 is 54.8 Å². The van der Waals surface area contributed by atoms with Crippen LogP contribution in [0.5, 0.6) is 11.5 Å². The summed E-state index contributed by atoms with van der Waals surface area (Å²) in [7, 11) is 9.65. The van der Waals surface area contributed by atoms with Crippen LogP contribution in [0.2, 0.25) is 5.02 Å². The predicted octanol–water partition coefficient (Wildman–Crippen LogP) is 4.32. The summed E-state index contributed by atoms with van der Waals surface area (Å²) in [5, 5.41) is 61.6. The molecule has 0 aliphatic carbocycles. The molecule has 42 heteroatoms. The average molecular weight is 1930 g/mol. The molecule has 20 N–H and O–H groups in total. The van der Waals surface area contributed by atoms with Crippen LogP contribution < -0.4 is 80.0 Å². The molecule has 6 bridgehead atoms. The Bertz CT molecular complexity index is 4920. The molecule has 4 aromatic carbocycles. The molecule has 16 atom stereocenters. The minimum absolute atomic E-state index is 0.0149. The number of aromatic nitrogens is 1. The number of hydrogen-bond donors (Lipinski definition) is 17. The van der Waals surface area contributed by atoms with E-state index in [0.29, 0.717) is 52.7 Å². The van der Waals surface area contributed by atoms with Gasteiger partial charge in [-0.25, -0.2) is 14.4 Å². The molecule has 5 aliphatic heterocycles. The van der Waals surface area contributed by atoms with Crippen molar-refractivity contribution in [1.82, 2.24) is 63.1 Å². The van der Waals surface area contributed by atoms with E-state index in [4.69, 9.17) is 52.5 Å². The number of aliphatic hydroxyl groups is 2. The van der Waals surface area contributed by atoms with E-state index in [1.807, 2.05) is 6.92 Å². The number of esters is 1. The van der Waals surface area contributed by atoms with Gasteiger partial charge < -0.3 is 119 Å². The van der Waals surface area contributed by atoms with Crippen molar-refractivity contribution in [3.05, 3.63) is 148 Å². The van der Waals surface area contributed by atoms with Gasteiger partial charge in [0, 0.05) is 107 Å². The maximum atomic E-state index is 15.3. The van der Waals surface area contributed by atoms with Gasteiger partial charge in [0.2, 0.25) is 59.1 Å². The number of amides is 13. The molecule has 0 saturated carbocycles. The molecule has 5 aliphatic rings. The molecule has 1 unspecified atom stereocenters. The molecule has 37 nitrogen and oxygen atoms in total. The number of allylic oxidation sites excluding steroid dienone is 3. The molecule has 10 rings (SSSR count). The highest BCUT2D eigenvalue weighted by molar-refractivity contribution is 8.77. The van der Waals surface area contributed by atoms with Crippen LogP contribution in [0, 0.1) is 0 Å². The van der Waals surface area contributed by atoms with Crippen LogP contribution in [-0.4, -0.2) is 269 Å². The molecule has 0 spiro atoms. The number of halogens is 1. The van der Waals surface area contributed by atoms with Crippen molar-refractivity contribution in [3.63, 3.8) is 0 Å². The quantitative estimate of drug-likeness (QED) is 0.0155. The number of urea groups is 1. The number of aromatic hydroxyl groups is 1. The number of ether oxygens (including phenoxy) is 5. The molecular formula is C90H123ClN16O21S4. The number of hydrogen-bond acceptors (Lipinski definition) is 27. The van der Waals surface area contributed by atoms with Crippen LogP contribution in [0.3, 0.4) is 0 Å². The highest BCUT2D eigenvalue weighted by Crippen LogP contribution is 2.51. The van der Waals surface area contributed by atoms with Gasteiger partial charge in [-0.05, 0) is 139 Å². The Balaban J connectivity index is 0.927. The number of alkyl carbamates (subject to hydrolysis) is 1. The lowest BCUT2D eigenvalue weighted by molar-refractivity contribution is -0.328. The van der Waals surface area contributed by atoms with Crippen molar-refractivity contribution >= 4 is 149 Å². The highest BCUT2D eigenvalue weighted by Gasteiger charge is 2.64. The first-order chi connectivity index (χ1) is 62.8. The molecule has 3 fully saturated rings. The smallest absolute Gasteiger partial charge is 0.409 e. The highest BCUT2D eigenvalue weighted by atomic mass is 35.5. The average Bonchev–Trinajstić information content (AvgIpc) is 0.808. The van der Waals surface area contributed by atoms with Crippen molar-refractivity contribution in [3.8, 4) is 11.5 Å². The molecule has 0 radical (unpaired) electrons. The van der Waals surface area contributed by atoms with Crippen molar-refractivity contribution in [1.29, 1.82) is 0 Å². The number of nitrogens with zero attached hydrogens (tertiary/aromatic N) is 2. The van der Waals surface area contributed by atoms with Crippen LogP contribution in [0.4, 0.5) is 15.3 Å². The summed E-state index contributed by atoms with van der Waals surface area (Å²) in [4.78, 5) is 193. The van der Waals surface area contributed by atoms with E-state index in [1.54, 1.807) is 105 Å². The number of fused-ring (bicyclic) bond motifs is 7. The minimum Gasteiger partial charge on any atom is -0.508 e. The number of anilines is 1. The Morgan fingerprint density at radius 3 is 2.12 bits per heavy atom. The molecule has 1 aromatic heterocycles. The zero-order chi connectivity index (χ0) is 96.2. The number of aliphatic hydroxyl groups excluding tert-OH is 1. The van der Waals surface area contributed by atoms with E-state index < -0.39 is 185 Å². The second kappa shape index (κ2) is 50.1. The standard InChI is InChI=1S/C90H123ClN16O21S4/c1-51-22-21-28-70(125-9)90(123)45-72(127-87(122)105-90)89(5)50-88(4,128-89)71(44-74(111)107(7)68-41-56(38-51)42-69(124-8)75(68)91)126-85(120)52(2)106(6)73(110)33-37-129-130-47-65(77(94)112)101-83(118)67-49-132-131-48-66(102-78(113)60(93)39-54-23-13-12-14-24-54)82(117)99-63(40-55-29-31-58(109)32-30-55)80(115)100-64(43-57-46-97-61-26-16-15-25-59(57)61)81(116)98-62(79(114)104-76(53(3)108)84(119)103-67)27-17-20-36-96-86(121)95-35-19-11-10-18-34-92/h12-16,21-26,28-32,41-42,46,52-53,60,62-67,70-72,76,97,108-109,123H,10-11,17-20,27,33-40,43-45,47-50,92-93H2,1-9H3,(H2,94,112)(H,98,116)(H,99,117)(H,100,115)(H,101,118)(H,102,113)(H,103,119)(H,104,114)(H,105,122)(H2,95,96,121)/b28-21+,51-22+/t52-,53+,60+,62-,63-,64+,65-,66-,67-,70+,71-,72-,76-,88+,89?,90-/m0/s1. The number of phenols is 1. The van der Waals surface area contributed by atoms with Gasteiger partial charge in [-0.3, -0.25) is 53.3 Å². The van der Waals surface area contributed by atoms with Crippen LogP contribution in [0.15, 0.2) is 121 Å². The molecule has 6 heterocycles.